The van der Waals surface area contributed by atoms with Crippen molar-refractivity contribution in [3.63, 3.8) is 0 Å². The average Bonchev–Trinajstić information content (AvgIpc) is 2.27. The summed E-state index contributed by atoms with van der Waals surface area (Å²) in [6.45, 7) is 5.93. The molecule has 0 spiro atoms. The minimum absolute atomic E-state index is 0.115. The first kappa shape index (κ1) is 15.8. The van der Waals surface area contributed by atoms with Crippen molar-refractivity contribution in [1.29, 1.82) is 0 Å². The van der Waals surface area contributed by atoms with E-state index in [1.807, 2.05) is 0 Å². The number of hydrogen-bond donors (Lipinski definition) is 1. The lowest BCUT2D eigenvalue weighted by atomic mass is 9.93. The van der Waals surface area contributed by atoms with E-state index in [1.54, 1.807) is 27.9 Å². The number of carboxylic acid groups (broad SMARTS) is 1. The Balaban J connectivity index is 2.76. The zero-order valence-electron chi connectivity index (χ0n) is 12.0. The van der Waals surface area contributed by atoms with Gasteiger partial charge < -0.3 is 19.5 Å². The third-order valence-corrected chi connectivity index (χ3v) is 3.04. The SMILES string of the molecule is COCC1CCC(C(=O)O)CN1C(=O)OC(C)(C)C. The quantitative estimate of drug-likeness (QED) is 0.847. The minimum atomic E-state index is -0.871. The second kappa shape index (κ2) is 6.23. The lowest BCUT2D eigenvalue weighted by Gasteiger charge is -2.38. The second-order valence-electron chi connectivity index (χ2n) is 5.85. The van der Waals surface area contributed by atoms with Gasteiger partial charge in [0.05, 0.1) is 18.6 Å². The Labute approximate surface area is 113 Å². The maximum Gasteiger partial charge on any atom is 0.410 e. The van der Waals surface area contributed by atoms with Crippen LogP contribution in [-0.2, 0) is 14.3 Å². The molecule has 1 aliphatic heterocycles. The van der Waals surface area contributed by atoms with Crippen molar-refractivity contribution in [3.05, 3.63) is 0 Å². The van der Waals surface area contributed by atoms with Crippen molar-refractivity contribution < 1.29 is 24.2 Å². The summed E-state index contributed by atoms with van der Waals surface area (Å²) in [5, 5.41) is 9.08. The molecule has 1 amide bonds. The number of carbonyl (C=O) groups is 2. The Morgan fingerprint density at radius 1 is 1.32 bits per heavy atom. The molecule has 1 fully saturated rings. The molecule has 1 rings (SSSR count). The lowest BCUT2D eigenvalue weighted by molar-refractivity contribution is -0.144. The number of amides is 1. The van der Waals surface area contributed by atoms with Gasteiger partial charge in [0.2, 0.25) is 0 Å². The van der Waals surface area contributed by atoms with E-state index in [9.17, 15) is 9.59 Å². The average molecular weight is 273 g/mol. The zero-order chi connectivity index (χ0) is 14.6. The molecule has 110 valence electrons. The highest BCUT2D eigenvalue weighted by Gasteiger charge is 2.36. The van der Waals surface area contributed by atoms with Gasteiger partial charge in [0.15, 0.2) is 0 Å². The van der Waals surface area contributed by atoms with Gasteiger partial charge in [-0.15, -0.1) is 0 Å². The molecule has 6 heteroatoms. The van der Waals surface area contributed by atoms with Gasteiger partial charge >= 0.3 is 12.1 Å². The summed E-state index contributed by atoms with van der Waals surface area (Å²) < 4.78 is 10.4. The third kappa shape index (κ3) is 4.70. The van der Waals surface area contributed by atoms with Gasteiger partial charge in [0.1, 0.15) is 5.60 Å². The van der Waals surface area contributed by atoms with Crippen LogP contribution in [0, 0.1) is 5.92 Å². The van der Waals surface area contributed by atoms with Crippen molar-refractivity contribution >= 4 is 12.1 Å². The van der Waals surface area contributed by atoms with Crippen molar-refractivity contribution in [3.8, 4) is 0 Å². The Hall–Kier alpha value is -1.30. The Morgan fingerprint density at radius 3 is 2.42 bits per heavy atom. The van der Waals surface area contributed by atoms with Gasteiger partial charge in [-0.25, -0.2) is 4.79 Å². The first-order chi connectivity index (χ1) is 8.74. The standard InChI is InChI=1S/C13H23NO5/c1-13(2,3)19-12(17)14-7-9(11(15)16)5-6-10(14)8-18-4/h9-10H,5-8H2,1-4H3,(H,15,16). The normalized spacial score (nSPS) is 24.1. The molecule has 1 N–H and O–H groups in total. The summed E-state index contributed by atoms with van der Waals surface area (Å²) in [6.07, 6.45) is 0.702. The summed E-state index contributed by atoms with van der Waals surface area (Å²) >= 11 is 0. The van der Waals surface area contributed by atoms with Crippen LogP contribution in [0.4, 0.5) is 4.79 Å². The molecule has 0 bridgehead atoms. The van der Waals surface area contributed by atoms with Crippen molar-refractivity contribution in [2.75, 3.05) is 20.3 Å². The summed E-state index contributed by atoms with van der Waals surface area (Å²) in [5.74, 6) is -1.40. The molecular weight excluding hydrogens is 250 g/mol. The van der Waals surface area contributed by atoms with Crippen LogP contribution in [0.2, 0.25) is 0 Å². The minimum Gasteiger partial charge on any atom is -0.481 e. The predicted octanol–water partition coefficient (Wildman–Crippen LogP) is 1.73. The number of aliphatic carboxylic acids is 1. The topological polar surface area (TPSA) is 76.1 Å². The largest absolute Gasteiger partial charge is 0.481 e. The molecule has 6 nitrogen and oxygen atoms in total. The fraction of sp³-hybridized carbons (Fsp3) is 0.846. The fourth-order valence-electron chi connectivity index (χ4n) is 2.14. The van der Waals surface area contributed by atoms with E-state index in [1.165, 1.54) is 4.90 Å². The van der Waals surface area contributed by atoms with E-state index in [0.717, 1.165) is 0 Å². The number of nitrogens with zero attached hydrogens (tertiary/aromatic N) is 1. The predicted molar refractivity (Wildman–Crippen MR) is 69.0 cm³/mol. The van der Waals surface area contributed by atoms with Crippen molar-refractivity contribution in [1.82, 2.24) is 4.90 Å². The van der Waals surface area contributed by atoms with E-state index < -0.39 is 23.6 Å². The van der Waals surface area contributed by atoms with Crippen LogP contribution in [0.15, 0.2) is 0 Å². The number of hydrogen-bond acceptors (Lipinski definition) is 4. The van der Waals surface area contributed by atoms with Crippen LogP contribution in [0.25, 0.3) is 0 Å². The number of methoxy groups -OCH3 is 1. The molecule has 0 saturated carbocycles. The highest BCUT2D eigenvalue weighted by atomic mass is 16.6. The Bertz CT molecular complexity index is 336. The fourth-order valence-corrected chi connectivity index (χ4v) is 2.14. The molecule has 0 aromatic rings. The highest BCUT2D eigenvalue weighted by molar-refractivity contribution is 5.73. The summed E-state index contributed by atoms with van der Waals surface area (Å²) in [6, 6.07) is -0.115. The molecule has 0 aliphatic carbocycles. The van der Waals surface area contributed by atoms with Gasteiger partial charge in [-0.2, -0.15) is 0 Å². The molecule has 1 heterocycles. The molecule has 1 aliphatic rings. The molecule has 1 saturated heterocycles. The van der Waals surface area contributed by atoms with Gasteiger partial charge in [0, 0.05) is 13.7 Å². The van der Waals surface area contributed by atoms with Crippen LogP contribution in [-0.4, -0.2) is 54.0 Å². The summed E-state index contributed by atoms with van der Waals surface area (Å²) in [7, 11) is 1.57. The molecule has 0 radical (unpaired) electrons. The maximum atomic E-state index is 12.1. The van der Waals surface area contributed by atoms with Crippen LogP contribution in [0.1, 0.15) is 33.6 Å². The molecule has 2 unspecified atom stereocenters. The molecule has 0 aromatic carbocycles. The smallest absolute Gasteiger partial charge is 0.410 e. The number of rotatable bonds is 3. The van der Waals surface area contributed by atoms with E-state index in [0.29, 0.717) is 19.4 Å². The van der Waals surface area contributed by atoms with E-state index in [4.69, 9.17) is 14.6 Å². The van der Waals surface area contributed by atoms with E-state index in [2.05, 4.69) is 0 Å². The van der Waals surface area contributed by atoms with Gasteiger partial charge in [0.25, 0.3) is 0 Å². The van der Waals surface area contributed by atoms with Crippen LogP contribution in [0.5, 0.6) is 0 Å². The van der Waals surface area contributed by atoms with E-state index in [-0.39, 0.29) is 12.6 Å². The third-order valence-electron chi connectivity index (χ3n) is 3.04. The molecule has 2 atom stereocenters. The number of piperidine rings is 1. The summed E-state index contributed by atoms with van der Waals surface area (Å²) in [4.78, 5) is 24.7. The number of ether oxygens (including phenoxy) is 2. The molecular formula is C13H23NO5. The number of carbonyl (C=O) groups excluding carboxylic acids is 1. The Morgan fingerprint density at radius 2 is 1.95 bits per heavy atom. The second-order valence-corrected chi connectivity index (χ2v) is 5.85. The maximum absolute atomic E-state index is 12.1. The first-order valence-electron chi connectivity index (χ1n) is 6.46. The lowest BCUT2D eigenvalue weighted by Crippen LogP contribution is -2.51. The van der Waals surface area contributed by atoms with Crippen LogP contribution >= 0.6 is 0 Å². The van der Waals surface area contributed by atoms with Gasteiger partial charge in [-0.05, 0) is 33.6 Å². The van der Waals surface area contributed by atoms with Crippen molar-refractivity contribution in [2.45, 2.75) is 45.3 Å². The Kier molecular flexibility index (Phi) is 5.17. The van der Waals surface area contributed by atoms with Gasteiger partial charge in [-0.3, -0.25) is 4.79 Å². The molecule has 0 aromatic heterocycles. The number of carboxylic acids is 1. The highest BCUT2D eigenvalue weighted by Crippen LogP contribution is 2.24. The monoisotopic (exact) mass is 273 g/mol. The van der Waals surface area contributed by atoms with E-state index >= 15 is 0 Å². The number of likely N-dealkylation sites (tertiary alicyclic amines) is 1. The van der Waals surface area contributed by atoms with Crippen LogP contribution in [0.3, 0.4) is 0 Å². The first-order valence-corrected chi connectivity index (χ1v) is 6.46. The molecule has 19 heavy (non-hydrogen) atoms. The summed E-state index contributed by atoms with van der Waals surface area (Å²) in [5.41, 5.74) is -0.592. The van der Waals surface area contributed by atoms with Gasteiger partial charge in [-0.1, -0.05) is 0 Å². The van der Waals surface area contributed by atoms with Crippen LogP contribution < -0.4 is 0 Å². The van der Waals surface area contributed by atoms with Crippen molar-refractivity contribution in [2.24, 2.45) is 5.92 Å². The zero-order valence-corrected chi connectivity index (χ0v) is 12.0.